The summed E-state index contributed by atoms with van der Waals surface area (Å²) < 4.78 is 5.66. The van der Waals surface area contributed by atoms with Crippen molar-refractivity contribution >= 4 is 17.3 Å². The molecule has 2 fully saturated rings. The molecular weight excluding hydrogens is 344 g/mol. The van der Waals surface area contributed by atoms with Crippen LogP contribution < -0.4 is 10.6 Å². The topological polar surface area (TPSA) is 48.9 Å². The summed E-state index contributed by atoms with van der Waals surface area (Å²) in [4.78, 5) is 10.3. The number of ether oxygens (including phenoxy) is 1. The van der Waals surface area contributed by atoms with Crippen LogP contribution in [0.3, 0.4) is 0 Å². The summed E-state index contributed by atoms with van der Waals surface area (Å²) in [5.74, 6) is 0.934. The van der Waals surface area contributed by atoms with Crippen LogP contribution in [0.2, 0.25) is 0 Å². The normalized spacial score (nSPS) is 21.1. The van der Waals surface area contributed by atoms with Gasteiger partial charge in [-0.15, -0.1) is 11.3 Å². The van der Waals surface area contributed by atoms with E-state index in [1.54, 1.807) is 0 Å². The molecule has 5 nitrogen and oxygen atoms in total. The third kappa shape index (κ3) is 4.99. The van der Waals surface area contributed by atoms with Crippen LogP contribution >= 0.6 is 11.3 Å². The van der Waals surface area contributed by atoms with Gasteiger partial charge >= 0.3 is 0 Å². The molecule has 0 bridgehead atoms. The molecule has 0 saturated carbocycles. The lowest BCUT2D eigenvalue weighted by Gasteiger charge is -2.45. The lowest BCUT2D eigenvalue weighted by Crippen LogP contribution is -2.58. The minimum atomic E-state index is 0.225. The van der Waals surface area contributed by atoms with E-state index < -0.39 is 0 Å². The van der Waals surface area contributed by atoms with Gasteiger partial charge in [0.25, 0.3) is 0 Å². The number of aliphatic imine (C=N–C) groups is 1. The highest BCUT2D eigenvalue weighted by Crippen LogP contribution is 2.30. The molecule has 2 aliphatic heterocycles. The standard InChI is InChI=1S/C20H34N4OS/c1-3-17-7-8-18(26-17)15-22-19(21-4-2)23-16-20(9-13-25-14-10-20)24-11-5-6-12-24/h7-8H,3-6,9-16H2,1-2H3,(H2,21,22,23). The zero-order valence-electron chi connectivity index (χ0n) is 16.4. The largest absolute Gasteiger partial charge is 0.381 e. The molecule has 3 rings (SSSR count). The summed E-state index contributed by atoms with van der Waals surface area (Å²) in [5.41, 5.74) is 0.225. The highest BCUT2D eigenvalue weighted by molar-refractivity contribution is 7.11. The van der Waals surface area contributed by atoms with Crippen LogP contribution in [0.1, 0.15) is 49.3 Å². The molecule has 2 aliphatic rings. The van der Waals surface area contributed by atoms with Crippen molar-refractivity contribution in [2.45, 2.75) is 58.0 Å². The molecule has 1 aromatic heterocycles. The van der Waals surface area contributed by atoms with Crippen LogP contribution in [-0.2, 0) is 17.7 Å². The molecule has 26 heavy (non-hydrogen) atoms. The third-order valence-corrected chi connectivity index (χ3v) is 6.80. The van der Waals surface area contributed by atoms with Gasteiger partial charge in [0, 0.05) is 41.6 Å². The van der Waals surface area contributed by atoms with Crippen LogP contribution in [-0.4, -0.2) is 55.8 Å². The first-order valence-corrected chi connectivity index (χ1v) is 11.0. The first-order chi connectivity index (χ1) is 12.8. The number of hydrogen-bond donors (Lipinski definition) is 2. The zero-order chi connectivity index (χ0) is 18.2. The van der Waals surface area contributed by atoms with Gasteiger partial charge in [0.1, 0.15) is 0 Å². The van der Waals surface area contributed by atoms with Crippen LogP contribution in [0.25, 0.3) is 0 Å². The Hall–Kier alpha value is -1.11. The van der Waals surface area contributed by atoms with Crippen molar-refractivity contribution in [1.29, 1.82) is 0 Å². The summed E-state index contributed by atoms with van der Waals surface area (Å²) >= 11 is 1.87. The molecule has 146 valence electrons. The Morgan fingerprint density at radius 2 is 1.88 bits per heavy atom. The Kier molecular flexibility index (Phi) is 7.34. The van der Waals surface area contributed by atoms with E-state index in [1.807, 2.05) is 11.3 Å². The number of guanidine groups is 1. The molecule has 1 aromatic rings. The van der Waals surface area contributed by atoms with Crippen LogP contribution in [0, 0.1) is 0 Å². The van der Waals surface area contributed by atoms with Gasteiger partial charge < -0.3 is 15.4 Å². The Morgan fingerprint density at radius 1 is 1.15 bits per heavy atom. The molecular formula is C20H34N4OS. The molecule has 0 spiro atoms. The van der Waals surface area contributed by atoms with Gasteiger partial charge in [-0.1, -0.05) is 6.92 Å². The van der Waals surface area contributed by atoms with E-state index in [1.165, 1.54) is 35.7 Å². The smallest absolute Gasteiger partial charge is 0.191 e. The maximum Gasteiger partial charge on any atom is 0.191 e. The quantitative estimate of drug-likeness (QED) is 0.566. The highest BCUT2D eigenvalue weighted by Gasteiger charge is 2.39. The van der Waals surface area contributed by atoms with Crippen molar-refractivity contribution < 1.29 is 4.74 Å². The number of thiophene rings is 1. The molecule has 0 unspecified atom stereocenters. The number of aryl methyl sites for hydroxylation is 1. The fraction of sp³-hybridized carbons (Fsp3) is 0.750. The molecule has 0 radical (unpaired) electrons. The number of rotatable bonds is 7. The summed E-state index contributed by atoms with van der Waals surface area (Å²) in [7, 11) is 0. The van der Waals surface area contributed by atoms with Crippen LogP contribution in [0.15, 0.2) is 17.1 Å². The van der Waals surface area contributed by atoms with E-state index in [0.29, 0.717) is 0 Å². The monoisotopic (exact) mass is 378 g/mol. The fourth-order valence-corrected chi connectivity index (χ4v) is 4.87. The third-order valence-electron chi connectivity index (χ3n) is 5.59. The second kappa shape index (κ2) is 9.72. The van der Waals surface area contributed by atoms with E-state index in [0.717, 1.165) is 58.1 Å². The molecule has 2 saturated heterocycles. The summed E-state index contributed by atoms with van der Waals surface area (Å²) in [5, 5.41) is 7.06. The molecule has 0 amide bonds. The number of nitrogens with zero attached hydrogens (tertiary/aromatic N) is 2. The lowest BCUT2D eigenvalue weighted by molar-refractivity contribution is -0.0164. The SMILES string of the molecule is CCNC(=NCc1ccc(CC)s1)NCC1(N2CCCC2)CCOCC1. The Morgan fingerprint density at radius 3 is 2.54 bits per heavy atom. The minimum Gasteiger partial charge on any atom is -0.381 e. The Bertz CT molecular complexity index is 574. The second-order valence-corrected chi connectivity index (χ2v) is 8.55. The molecule has 3 heterocycles. The molecule has 2 N–H and O–H groups in total. The van der Waals surface area contributed by atoms with Crippen LogP contribution in [0.4, 0.5) is 0 Å². The maximum absolute atomic E-state index is 5.66. The first kappa shape index (κ1) is 19.6. The Labute approximate surface area is 162 Å². The van der Waals surface area contributed by atoms with Crippen molar-refractivity contribution in [3.8, 4) is 0 Å². The van der Waals surface area contributed by atoms with Gasteiger partial charge in [0.2, 0.25) is 0 Å². The van der Waals surface area contributed by atoms with Crippen molar-refractivity contribution in [3.63, 3.8) is 0 Å². The summed E-state index contributed by atoms with van der Waals surface area (Å²) in [6.07, 6.45) is 5.99. The van der Waals surface area contributed by atoms with Gasteiger partial charge in [-0.05, 0) is 64.3 Å². The van der Waals surface area contributed by atoms with Gasteiger partial charge in [0.05, 0.1) is 6.54 Å². The van der Waals surface area contributed by atoms with Crippen LogP contribution in [0.5, 0.6) is 0 Å². The number of nitrogens with one attached hydrogen (secondary N) is 2. The summed E-state index contributed by atoms with van der Waals surface area (Å²) in [6, 6.07) is 4.43. The van der Waals surface area contributed by atoms with E-state index in [2.05, 4.69) is 41.5 Å². The predicted octanol–water partition coefficient (Wildman–Crippen LogP) is 3.01. The zero-order valence-corrected chi connectivity index (χ0v) is 17.2. The van der Waals surface area contributed by atoms with Crippen molar-refractivity contribution in [1.82, 2.24) is 15.5 Å². The molecule has 0 aromatic carbocycles. The van der Waals surface area contributed by atoms with Gasteiger partial charge in [-0.3, -0.25) is 4.90 Å². The lowest BCUT2D eigenvalue weighted by atomic mass is 9.88. The summed E-state index contributed by atoms with van der Waals surface area (Å²) in [6.45, 7) is 11.1. The minimum absolute atomic E-state index is 0.225. The Balaban J connectivity index is 1.62. The molecule has 6 heteroatoms. The predicted molar refractivity (Wildman–Crippen MR) is 110 cm³/mol. The van der Waals surface area contributed by atoms with Crippen molar-refractivity contribution in [3.05, 3.63) is 21.9 Å². The first-order valence-electron chi connectivity index (χ1n) is 10.2. The fourth-order valence-electron chi connectivity index (χ4n) is 3.99. The maximum atomic E-state index is 5.66. The molecule has 0 aliphatic carbocycles. The van der Waals surface area contributed by atoms with E-state index in [9.17, 15) is 0 Å². The highest BCUT2D eigenvalue weighted by atomic mass is 32.1. The van der Waals surface area contributed by atoms with Crippen molar-refractivity contribution in [2.75, 3.05) is 39.4 Å². The van der Waals surface area contributed by atoms with Gasteiger partial charge in [-0.25, -0.2) is 4.99 Å². The second-order valence-electron chi connectivity index (χ2n) is 7.30. The van der Waals surface area contributed by atoms with Gasteiger partial charge in [0.15, 0.2) is 5.96 Å². The van der Waals surface area contributed by atoms with Crippen molar-refractivity contribution in [2.24, 2.45) is 4.99 Å². The molecule has 0 atom stereocenters. The number of hydrogen-bond acceptors (Lipinski definition) is 4. The number of likely N-dealkylation sites (tertiary alicyclic amines) is 1. The average molecular weight is 379 g/mol. The van der Waals surface area contributed by atoms with E-state index >= 15 is 0 Å². The van der Waals surface area contributed by atoms with Gasteiger partial charge in [-0.2, -0.15) is 0 Å². The average Bonchev–Trinajstić information content (AvgIpc) is 3.37. The van der Waals surface area contributed by atoms with E-state index in [-0.39, 0.29) is 5.54 Å². The van der Waals surface area contributed by atoms with E-state index in [4.69, 9.17) is 9.73 Å².